The summed E-state index contributed by atoms with van der Waals surface area (Å²) in [6.45, 7) is 1.50. The Morgan fingerprint density at radius 1 is 1.35 bits per heavy atom. The van der Waals surface area contributed by atoms with Crippen LogP contribution in [0.3, 0.4) is 0 Å². The van der Waals surface area contributed by atoms with Crippen molar-refractivity contribution in [2.75, 3.05) is 27.2 Å². The fourth-order valence-electron chi connectivity index (χ4n) is 1.65. The third-order valence-electron chi connectivity index (χ3n) is 2.71. The van der Waals surface area contributed by atoms with Gasteiger partial charge in [-0.1, -0.05) is 12.1 Å². The summed E-state index contributed by atoms with van der Waals surface area (Å²) in [5, 5.41) is 2.43. The molecule has 0 saturated carbocycles. The van der Waals surface area contributed by atoms with Crippen LogP contribution < -0.4 is 15.8 Å². The fourth-order valence-corrected chi connectivity index (χ4v) is 1.65. The predicted octanol–water partition coefficient (Wildman–Crippen LogP) is 0.412. The number of amides is 1. The van der Waals surface area contributed by atoms with Gasteiger partial charge in [0.15, 0.2) is 0 Å². The predicted molar refractivity (Wildman–Crippen MR) is 78.2 cm³/mol. The maximum atomic E-state index is 11.5. The minimum absolute atomic E-state index is 0.130. The lowest BCUT2D eigenvalue weighted by atomic mass is 10.2. The van der Waals surface area contributed by atoms with E-state index in [1.54, 1.807) is 6.08 Å². The molecule has 1 aromatic rings. The summed E-state index contributed by atoms with van der Waals surface area (Å²) in [7, 11) is 4.00. The lowest BCUT2D eigenvalue weighted by Crippen LogP contribution is -2.30. The number of aliphatic imine (C=N–C) groups is 1. The number of ether oxygens (including phenoxy) is 1. The van der Waals surface area contributed by atoms with Crippen molar-refractivity contribution in [3.8, 4) is 5.75 Å². The van der Waals surface area contributed by atoms with Crippen molar-refractivity contribution in [2.24, 2.45) is 10.7 Å². The molecule has 6 heteroatoms. The Bertz CT molecular complexity index is 547. The van der Waals surface area contributed by atoms with Crippen LogP contribution in [-0.4, -0.2) is 44.0 Å². The van der Waals surface area contributed by atoms with E-state index in [2.05, 4.69) is 15.2 Å². The highest BCUT2D eigenvalue weighted by Crippen LogP contribution is 2.16. The van der Waals surface area contributed by atoms with Crippen molar-refractivity contribution in [3.63, 3.8) is 0 Å². The van der Waals surface area contributed by atoms with Gasteiger partial charge in [0.1, 0.15) is 18.1 Å². The van der Waals surface area contributed by atoms with Gasteiger partial charge in [-0.25, -0.2) is 4.99 Å². The SMILES string of the molecule is CN(C)CCOc1ccc(/C=C2/N=C(N)NC2=O)cc1. The molecule has 106 valence electrons. The van der Waals surface area contributed by atoms with Crippen LogP contribution >= 0.6 is 0 Å². The molecule has 0 aliphatic carbocycles. The summed E-state index contributed by atoms with van der Waals surface area (Å²) in [5.74, 6) is 0.645. The molecule has 2 rings (SSSR count). The Kier molecular flexibility index (Phi) is 4.37. The molecule has 1 heterocycles. The summed E-state index contributed by atoms with van der Waals surface area (Å²) in [6.07, 6.45) is 1.68. The smallest absolute Gasteiger partial charge is 0.276 e. The number of carbonyl (C=O) groups is 1. The molecule has 1 amide bonds. The van der Waals surface area contributed by atoms with Crippen LogP contribution in [0, 0.1) is 0 Å². The molecular formula is C14H18N4O2. The molecule has 1 aromatic carbocycles. The fraction of sp³-hybridized carbons (Fsp3) is 0.286. The molecule has 20 heavy (non-hydrogen) atoms. The van der Waals surface area contributed by atoms with Crippen LogP contribution in [0.1, 0.15) is 5.56 Å². The van der Waals surface area contributed by atoms with Crippen LogP contribution in [-0.2, 0) is 4.79 Å². The Hall–Kier alpha value is -2.34. The number of guanidine groups is 1. The Morgan fingerprint density at radius 3 is 2.60 bits per heavy atom. The minimum Gasteiger partial charge on any atom is -0.492 e. The Balaban J connectivity index is 1.98. The van der Waals surface area contributed by atoms with Crippen LogP contribution in [0.5, 0.6) is 5.75 Å². The molecule has 0 atom stereocenters. The highest BCUT2D eigenvalue weighted by molar-refractivity contribution is 6.13. The van der Waals surface area contributed by atoms with E-state index in [9.17, 15) is 4.79 Å². The summed E-state index contributed by atoms with van der Waals surface area (Å²) >= 11 is 0. The normalized spacial score (nSPS) is 16.4. The molecule has 0 saturated heterocycles. The maximum Gasteiger partial charge on any atom is 0.276 e. The zero-order valence-electron chi connectivity index (χ0n) is 11.6. The van der Waals surface area contributed by atoms with Gasteiger partial charge in [-0.2, -0.15) is 0 Å². The second-order valence-corrected chi connectivity index (χ2v) is 4.70. The van der Waals surface area contributed by atoms with Crippen molar-refractivity contribution in [1.82, 2.24) is 10.2 Å². The van der Waals surface area contributed by atoms with Gasteiger partial charge < -0.3 is 15.4 Å². The van der Waals surface area contributed by atoms with Gasteiger partial charge in [0.25, 0.3) is 5.91 Å². The molecule has 0 unspecified atom stereocenters. The van der Waals surface area contributed by atoms with Crippen molar-refractivity contribution in [3.05, 3.63) is 35.5 Å². The first-order valence-corrected chi connectivity index (χ1v) is 6.29. The first-order chi connectivity index (χ1) is 9.54. The third kappa shape index (κ3) is 3.83. The summed E-state index contributed by atoms with van der Waals surface area (Å²) in [4.78, 5) is 17.4. The largest absolute Gasteiger partial charge is 0.492 e. The number of carbonyl (C=O) groups excluding carboxylic acids is 1. The van der Waals surface area contributed by atoms with E-state index in [0.29, 0.717) is 12.3 Å². The number of hydrogen-bond donors (Lipinski definition) is 2. The quantitative estimate of drug-likeness (QED) is 0.762. The van der Waals surface area contributed by atoms with E-state index >= 15 is 0 Å². The van der Waals surface area contributed by atoms with E-state index in [-0.39, 0.29) is 11.9 Å². The third-order valence-corrected chi connectivity index (χ3v) is 2.71. The molecule has 0 fully saturated rings. The second-order valence-electron chi connectivity index (χ2n) is 4.70. The first-order valence-electron chi connectivity index (χ1n) is 6.29. The lowest BCUT2D eigenvalue weighted by molar-refractivity contribution is -0.115. The minimum atomic E-state index is -0.284. The summed E-state index contributed by atoms with van der Waals surface area (Å²) in [6, 6.07) is 7.47. The van der Waals surface area contributed by atoms with E-state index in [1.165, 1.54) is 0 Å². The lowest BCUT2D eigenvalue weighted by Gasteiger charge is -2.10. The van der Waals surface area contributed by atoms with Crippen molar-refractivity contribution in [2.45, 2.75) is 0 Å². The standard InChI is InChI=1S/C14H18N4O2/c1-18(2)7-8-20-11-5-3-10(4-6-11)9-12-13(19)17-14(15)16-12/h3-6,9H,7-8H2,1-2H3,(H3,15,16,17,19)/b12-9+. The van der Waals surface area contributed by atoms with Crippen molar-refractivity contribution < 1.29 is 9.53 Å². The first kappa shape index (κ1) is 14.1. The number of nitrogens with two attached hydrogens (primary N) is 1. The number of nitrogens with one attached hydrogen (secondary N) is 1. The highest BCUT2D eigenvalue weighted by atomic mass is 16.5. The van der Waals surface area contributed by atoms with Gasteiger partial charge in [0.05, 0.1) is 0 Å². The van der Waals surface area contributed by atoms with E-state index in [1.807, 2.05) is 38.4 Å². The average Bonchev–Trinajstić information content (AvgIpc) is 2.69. The van der Waals surface area contributed by atoms with Crippen molar-refractivity contribution >= 4 is 17.9 Å². The van der Waals surface area contributed by atoms with E-state index in [4.69, 9.17) is 10.5 Å². The second kappa shape index (κ2) is 6.21. The maximum absolute atomic E-state index is 11.5. The molecule has 0 aromatic heterocycles. The molecule has 6 nitrogen and oxygen atoms in total. The van der Waals surface area contributed by atoms with Gasteiger partial charge in [-0.3, -0.25) is 10.1 Å². The molecule has 0 spiro atoms. The van der Waals surface area contributed by atoms with E-state index in [0.717, 1.165) is 17.9 Å². The molecular weight excluding hydrogens is 256 g/mol. The van der Waals surface area contributed by atoms with E-state index < -0.39 is 0 Å². The van der Waals surface area contributed by atoms with Crippen LogP contribution in [0.2, 0.25) is 0 Å². The molecule has 1 aliphatic rings. The van der Waals surface area contributed by atoms with Crippen LogP contribution in [0.25, 0.3) is 6.08 Å². The molecule has 0 radical (unpaired) electrons. The van der Waals surface area contributed by atoms with Crippen molar-refractivity contribution in [1.29, 1.82) is 0 Å². The molecule has 1 aliphatic heterocycles. The van der Waals surface area contributed by atoms with Gasteiger partial charge >= 0.3 is 0 Å². The number of hydrogen-bond acceptors (Lipinski definition) is 5. The molecule has 0 bridgehead atoms. The Labute approximate surface area is 117 Å². The van der Waals surface area contributed by atoms with Gasteiger partial charge in [0.2, 0.25) is 5.96 Å². The van der Waals surface area contributed by atoms with Gasteiger partial charge in [-0.15, -0.1) is 0 Å². The number of benzene rings is 1. The van der Waals surface area contributed by atoms with Crippen LogP contribution in [0.15, 0.2) is 35.0 Å². The topological polar surface area (TPSA) is 79.9 Å². The number of rotatable bonds is 5. The molecule has 3 N–H and O–H groups in total. The summed E-state index contributed by atoms with van der Waals surface area (Å²) in [5.41, 5.74) is 6.60. The zero-order valence-corrected chi connectivity index (χ0v) is 11.6. The number of likely N-dealkylation sites (N-methyl/N-ethyl adjacent to an activating group) is 1. The highest BCUT2D eigenvalue weighted by Gasteiger charge is 2.17. The van der Waals surface area contributed by atoms with Gasteiger partial charge in [-0.05, 0) is 37.9 Å². The number of nitrogens with zero attached hydrogens (tertiary/aromatic N) is 2. The Morgan fingerprint density at radius 2 is 2.05 bits per heavy atom. The van der Waals surface area contributed by atoms with Crippen LogP contribution in [0.4, 0.5) is 0 Å². The van der Waals surface area contributed by atoms with Gasteiger partial charge in [0, 0.05) is 6.54 Å². The average molecular weight is 274 g/mol. The summed E-state index contributed by atoms with van der Waals surface area (Å²) < 4.78 is 5.59. The zero-order chi connectivity index (χ0) is 14.5. The monoisotopic (exact) mass is 274 g/mol.